The normalized spacial score (nSPS) is 20.9. The Labute approximate surface area is 215 Å². The Morgan fingerprint density at radius 3 is 2.49 bits per heavy atom. The second-order valence-electron chi connectivity index (χ2n) is 8.08. The summed E-state index contributed by atoms with van der Waals surface area (Å²) in [5, 5.41) is 0.503. The summed E-state index contributed by atoms with van der Waals surface area (Å²) in [5.74, 6) is 1.31. The van der Waals surface area contributed by atoms with Gasteiger partial charge in [-0.15, -0.1) is 6.42 Å². The number of rotatable bonds is 6. The highest BCUT2D eigenvalue weighted by Crippen LogP contribution is 2.41. The lowest BCUT2D eigenvalue weighted by atomic mass is 9.98. The molecule has 4 aromatic rings. The number of pyridine rings is 2. The summed E-state index contributed by atoms with van der Waals surface area (Å²) in [6.07, 6.45) is 8.84. The standard InChI is InChI=1S/C25H19ClN6O5/c1-2-25(14-35-22(33)16-7-3-5-10-28-16)18(36-23(34)17-8-4-6-11-29-17)13-19(37-25)32-12-9-15-20(27)30-24(26)31-21(15)32/h1,3-12,18-19H,13-14H2,(H2,27,30,31)/t18-,19+,25+/m0/s1. The molecular weight excluding hydrogens is 500 g/mol. The van der Waals surface area contributed by atoms with Crippen molar-refractivity contribution in [2.24, 2.45) is 0 Å². The summed E-state index contributed by atoms with van der Waals surface area (Å²) < 4.78 is 19.1. The number of hydrogen-bond donors (Lipinski definition) is 1. The summed E-state index contributed by atoms with van der Waals surface area (Å²) in [7, 11) is 0. The highest BCUT2D eigenvalue weighted by molar-refractivity contribution is 6.28. The van der Waals surface area contributed by atoms with E-state index in [1.807, 2.05) is 0 Å². The van der Waals surface area contributed by atoms with Gasteiger partial charge in [0.15, 0.2) is 6.10 Å². The second-order valence-corrected chi connectivity index (χ2v) is 8.42. The number of carbonyl (C=O) groups excluding carboxylic acids is 2. The van der Waals surface area contributed by atoms with E-state index < -0.39 is 36.5 Å². The first kappa shape index (κ1) is 24.2. The Morgan fingerprint density at radius 2 is 1.84 bits per heavy atom. The number of halogens is 1. The molecule has 186 valence electrons. The van der Waals surface area contributed by atoms with Gasteiger partial charge in [0, 0.05) is 25.0 Å². The Morgan fingerprint density at radius 1 is 1.14 bits per heavy atom. The smallest absolute Gasteiger partial charge is 0.357 e. The van der Waals surface area contributed by atoms with Crippen LogP contribution in [0.2, 0.25) is 5.28 Å². The third-order valence-electron chi connectivity index (χ3n) is 5.83. The predicted molar refractivity (Wildman–Crippen MR) is 131 cm³/mol. The number of anilines is 1. The molecule has 0 aromatic carbocycles. The zero-order valence-corrected chi connectivity index (χ0v) is 19.9. The van der Waals surface area contributed by atoms with Gasteiger partial charge in [-0.25, -0.2) is 24.5 Å². The van der Waals surface area contributed by atoms with Crippen molar-refractivity contribution in [3.05, 3.63) is 77.7 Å². The van der Waals surface area contributed by atoms with Crippen LogP contribution >= 0.6 is 11.6 Å². The fourth-order valence-electron chi connectivity index (χ4n) is 4.01. The molecule has 0 amide bonds. The lowest BCUT2D eigenvalue weighted by molar-refractivity contribution is -0.0968. The highest BCUT2D eigenvalue weighted by Gasteiger charge is 2.52. The van der Waals surface area contributed by atoms with Crippen molar-refractivity contribution in [3.8, 4) is 12.3 Å². The lowest BCUT2D eigenvalue weighted by Crippen LogP contribution is -2.45. The fraction of sp³-hybridized carbons (Fsp3) is 0.200. The molecule has 1 fully saturated rings. The van der Waals surface area contributed by atoms with Crippen molar-refractivity contribution < 1.29 is 23.8 Å². The van der Waals surface area contributed by atoms with E-state index in [9.17, 15) is 9.59 Å². The van der Waals surface area contributed by atoms with Gasteiger partial charge >= 0.3 is 11.9 Å². The lowest BCUT2D eigenvalue weighted by Gasteiger charge is -2.28. The van der Waals surface area contributed by atoms with Gasteiger partial charge in [0.2, 0.25) is 10.9 Å². The summed E-state index contributed by atoms with van der Waals surface area (Å²) in [4.78, 5) is 41.7. The molecule has 1 aliphatic rings. The molecule has 37 heavy (non-hydrogen) atoms. The molecule has 0 aliphatic carbocycles. The maximum Gasteiger partial charge on any atom is 0.357 e. The van der Waals surface area contributed by atoms with E-state index in [0.717, 1.165) is 0 Å². The molecule has 0 saturated carbocycles. The van der Waals surface area contributed by atoms with E-state index in [0.29, 0.717) is 11.0 Å². The number of terminal acetylenes is 1. The van der Waals surface area contributed by atoms with Crippen molar-refractivity contribution >= 4 is 40.4 Å². The number of fused-ring (bicyclic) bond motifs is 1. The quantitative estimate of drug-likeness (QED) is 0.230. The number of nitrogen functional groups attached to an aromatic ring is 1. The minimum Gasteiger partial charge on any atom is -0.457 e. The zero-order chi connectivity index (χ0) is 26.0. The second kappa shape index (κ2) is 9.85. The minimum absolute atomic E-state index is 0.0476. The number of nitrogens with two attached hydrogens (primary N) is 1. The van der Waals surface area contributed by atoms with E-state index in [-0.39, 0.29) is 28.9 Å². The SMILES string of the molecule is C#C[C@]1(COC(=O)c2ccccn2)O[C@@H](n2ccc3c(N)nc(Cl)nc32)C[C@@H]1OC(=O)c1ccccn1. The number of esters is 2. The number of hydrogen-bond acceptors (Lipinski definition) is 10. The Kier molecular flexibility index (Phi) is 6.43. The van der Waals surface area contributed by atoms with Crippen LogP contribution in [0.25, 0.3) is 11.0 Å². The van der Waals surface area contributed by atoms with Gasteiger partial charge in [0.25, 0.3) is 0 Å². The molecule has 0 unspecified atom stereocenters. The first-order valence-electron chi connectivity index (χ1n) is 11.1. The molecule has 0 spiro atoms. The zero-order valence-electron chi connectivity index (χ0n) is 19.2. The third-order valence-corrected chi connectivity index (χ3v) is 5.99. The van der Waals surface area contributed by atoms with Crippen LogP contribution in [0.5, 0.6) is 0 Å². The number of aromatic nitrogens is 5. The summed E-state index contributed by atoms with van der Waals surface area (Å²) >= 11 is 6.02. The van der Waals surface area contributed by atoms with Crippen molar-refractivity contribution in [1.82, 2.24) is 24.5 Å². The highest BCUT2D eigenvalue weighted by atomic mass is 35.5. The van der Waals surface area contributed by atoms with Crippen molar-refractivity contribution in [2.75, 3.05) is 12.3 Å². The van der Waals surface area contributed by atoms with Gasteiger partial charge in [-0.3, -0.25) is 0 Å². The Balaban J connectivity index is 1.47. The summed E-state index contributed by atoms with van der Waals surface area (Å²) in [5.41, 5.74) is 4.92. The molecule has 0 bridgehead atoms. The summed E-state index contributed by atoms with van der Waals surface area (Å²) in [6, 6.07) is 11.4. The number of nitrogens with zero attached hydrogens (tertiary/aromatic N) is 5. The molecule has 4 aromatic heterocycles. The van der Waals surface area contributed by atoms with Crippen LogP contribution in [0, 0.1) is 12.3 Å². The molecule has 5 rings (SSSR count). The van der Waals surface area contributed by atoms with Gasteiger partial charge < -0.3 is 24.5 Å². The van der Waals surface area contributed by atoms with Gasteiger partial charge in [-0.05, 0) is 41.9 Å². The van der Waals surface area contributed by atoms with Crippen LogP contribution in [0.1, 0.15) is 33.6 Å². The fourth-order valence-corrected chi connectivity index (χ4v) is 4.19. The van der Waals surface area contributed by atoms with Crippen LogP contribution in [-0.4, -0.2) is 54.8 Å². The van der Waals surface area contributed by atoms with E-state index in [1.165, 1.54) is 24.5 Å². The molecule has 5 heterocycles. The van der Waals surface area contributed by atoms with Crippen LogP contribution in [0.4, 0.5) is 5.82 Å². The van der Waals surface area contributed by atoms with Gasteiger partial charge in [0.05, 0.1) is 5.39 Å². The molecule has 0 radical (unpaired) electrons. The van der Waals surface area contributed by atoms with Crippen molar-refractivity contribution in [2.45, 2.75) is 24.4 Å². The average Bonchev–Trinajstić information content (AvgIpc) is 3.50. The molecule has 11 nitrogen and oxygen atoms in total. The maximum absolute atomic E-state index is 12.9. The van der Waals surface area contributed by atoms with Crippen molar-refractivity contribution in [3.63, 3.8) is 0 Å². The van der Waals surface area contributed by atoms with E-state index in [1.54, 1.807) is 41.1 Å². The van der Waals surface area contributed by atoms with Gasteiger partial charge in [0.1, 0.15) is 35.7 Å². The molecule has 2 N–H and O–H groups in total. The Hall–Kier alpha value is -4.53. The van der Waals surface area contributed by atoms with Crippen LogP contribution in [0.3, 0.4) is 0 Å². The molecule has 3 atom stereocenters. The molecular formula is C25H19ClN6O5. The predicted octanol–water partition coefficient (Wildman–Crippen LogP) is 2.83. The molecule has 1 saturated heterocycles. The van der Waals surface area contributed by atoms with Gasteiger partial charge in [-0.1, -0.05) is 18.1 Å². The number of carbonyl (C=O) groups is 2. The maximum atomic E-state index is 12.9. The minimum atomic E-state index is -1.63. The number of ether oxygens (including phenoxy) is 3. The topological polar surface area (TPSA) is 144 Å². The van der Waals surface area contributed by atoms with Crippen LogP contribution < -0.4 is 5.73 Å². The first-order chi connectivity index (χ1) is 17.9. The van der Waals surface area contributed by atoms with Crippen LogP contribution in [-0.2, 0) is 14.2 Å². The van der Waals surface area contributed by atoms with Crippen LogP contribution in [0.15, 0.2) is 61.1 Å². The average molecular weight is 519 g/mol. The van der Waals surface area contributed by atoms with E-state index in [4.69, 9.17) is 38.0 Å². The van der Waals surface area contributed by atoms with E-state index in [2.05, 4.69) is 25.9 Å². The third kappa shape index (κ3) is 4.67. The molecule has 12 heteroatoms. The van der Waals surface area contributed by atoms with Crippen molar-refractivity contribution in [1.29, 1.82) is 0 Å². The monoisotopic (exact) mass is 518 g/mol. The first-order valence-corrected chi connectivity index (χ1v) is 11.4. The Bertz CT molecular complexity index is 1510. The largest absolute Gasteiger partial charge is 0.457 e. The molecule has 1 aliphatic heterocycles. The van der Waals surface area contributed by atoms with Gasteiger partial charge in [-0.2, -0.15) is 4.98 Å². The van der Waals surface area contributed by atoms with E-state index >= 15 is 0 Å². The summed E-state index contributed by atoms with van der Waals surface area (Å²) in [6.45, 7) is -0.410.